The zero-order valence-electron chi connectivity index (χ0n) is 23.3. The lowest BCUT2D eigenvalue weighted by Gasteiger charge is -2.37. The first-order chi connectivity index (χ1) is 19.9. The van der Waals surface area contributed by atoms with Crippen LogP contribution in [0.2, 0.25) is 0 Å². The van der Waals surface area contributed by atoms with E-state index in [9.17, 15) is 9.59 Å². The maximum atomic E-state index is 12.8. The number of fused-ring (bicyclic) bond motifs is 2. The highest BCUT2D eigenvalue weighted by Crippen LogP contribution is 2.30. The highest BCUT2D eigenvalue weighted by molar-refractivity contribution is 5.95. The number of likely N-dealkylation sites (N-methyl/N-ethyl adjacent to an activating group) is 1. The lowest BCUT2D eigenvalue weighted by atomic mass is 10.0. The standard InChI is InChI=1S/C33H33N5O3/c1-4-15-38-21-28(27-13-14-34-31(27)33(38)40)30-12-8-25-20-24(7-11-29(25)35-30)23-5-9-26(10-6-23)41-19-18-37-17-16-36(3)32(39)22(37)2/h4-14,20-22,34H,1,15-19H2,2-3H3/t22-/m1/s1. The zero-order chi connectivity index (χ0) is 28.5. The van der Waals surface area contributed by atoms with E-state index in [4.69, 9.17) is 9.72 Å². The van der Waals surface area contributed by atoms with Crippen LogP contribution in [0.4, 0.5) is 0 Å². The van der Waals surface area contributed by atoms with E-state index in [2.05, 4.69) is 46.8 Å². The third kappa shape index (κ3) is 5.14. The number of carbonyl (C=O) groups excluding carboxylic acids is 1. The molecule has 1 amide bonds. The molecule has 0 radical (unpaired) electrons. The predicted octanol–water partition coefficient (Wildman–Crippen LogP) is 4.94. The average Bonchev–Trinajstić information content (AvgIpc) is 3.49. The van der Waals surface area contributed by atoms with Crippen molar-refractivity contribution in [2.24, 2.45) is 0 Å². The molecule has 6 rings (SSSR count). The molecule has 2 aromatic carbocycles. The minimum atomic E-state index is -0.111. The molecule has 0 bridgehead atoms. The van der Waals surface area contributed by atoms with Gasteiger partial charge in [0.05, 0.1) is 17.3 Å². The van der Waals surface area contributed by atoms with Crippen molar-refractivity contribution in [3.05, 3.63) is 96.1 Å². The molecular formula is C33H33N5O3. The first kappa shape index (κ1) is 26.5. The molecule has 3 aromatic heterocycles. The lowest BCUT2D eigenvalue weighted by Crippen LogP contribution is -2.55. The van der Waals surface area contributed by atoms with Crippen LogP contribution in [0.15, 0.2) is 90.5 Å². The second kappa shape index (κ2) is 11.1. The van der Waals surface area contributed by atoms with Gasteiger partial charge in [-0.15, -0.1) is 6.58 Å². The Bertz CT molecular complexity index is 1800. The van der Waals surface area contributed by atoms with Crippen LogP contribution in [0.3, 0.4) is 0 Å². The highest BCUT2D eigenvalue weighted by Gasteiger charge is 2.28. The molecule has 1 aliphatic heterocycles. The molecule has 8 nitrogen and oxygen atoms in total. The smallest absolute Gasteiger partial charge is 0.275 e. The monoisotopic (exact) mass is 547 g/mol. The van der Waals surface area contributed by atoms with Gasteiger partial charge in [-0.2, -0.15) is 0 Å². The van der Waals surface area contributed by atoms with E-state index in [0.717, 1.165) is 57.5 Å². The molecule has 1 N–H and O–H groups in total. The number of allylic oxidation sites excluding steroid dienone is 1. The van der Waals surface area contributed by atoms with Crippen LogP contribution in [0, 0.1) is 0 Å². The zero-order valence-corrected chi connectivity index (χ0v) is 23.3. The Labute approximate surface area is 238 Å². The number of ether oxygens (including phenoxy) is 1. The van der Waals surface area contributed by atoms with E-state index in [1.165, 1.54) is 0 Å². The molecule has 41 heavy (non-hydrogen) atoms. The third-order valence-corrected chi connectivity index (χ3v) is 7.93. The van der Waals surface area contributed by atoms with E-state index in [1.54, 1.807) is 21.7 Å². The van der Waals surface area contributed by atoms with Crippen molar-refractivity contribution < 1.29 is 9.53 Å². The number of hydrogen-bond acceptors (Lipinski definition) is 5. The van der Waals surface area contributed by atoms with Crippen LogP contribution in [0.25, 0.3) is 44.2 Å². The van der Waals surface area contributed by atoms with E-state index < -0.39 is 0 Å². The van der Waals surface area contributed by atoms with E-state index >= 15 is 0 Å². The number of nitrogens with one attached hydrogen (secondary N) is 1. The lowest BCUT2D eigenvalue weighted by molar-refractivity contribution is -0.139. The molecule has 1 aliphatic rings. The van der Waals surface area contributed by atoms with Crippen LogP contribution < -0.4 is 10.3 Å². The Hall–Kier alpha value is -4.69. The van der Waals surface area contributed by atoms with Crippen molar-refractivity contribution in [2.45, 2.75) is 19.5 Å². The molecule has 1 fully saturated rings. The Balaban J connectivity index is 1.17. The molecule has 0 unspecified atom stereocenters. The largest absolute Gasteiger partial charge is 0.492 e. The molecule has 1 atom stereocenters. The Kier molecular flexibility index (Phi) is 7.15. The van der Waals surface area contributed by atoms with Gasteiger partial charge < -0.3 is 19.2 Å². The summed E-state index contributed by atoms with van der Waals surface area (Å²) in [6.07, 6.45) is 5.36. The number of aromatic amines is 1. The first-order valence-electron chi connectivity index (χ1n) is 13.9. The van der Waals surface area contributed by atoms with Crippen LogP contribution in [-0.2, 0) is 11.3 Å². The van der Waals surface area contributed by atoms with Gasteiger partial charge in [-0.3, -0.25) is 14.5 Å². The number of piperazine rings is 1. The summed E-state index contributed by atoms with van der Waals surface area (Å²) in [5.41, 5.74) is 5.27. The fraction of sp³-hybridized carbons (Fsp3) is 0.242. The summed E-state index contributed by atoms with van der Waals surface area (Å²) in [6, 6.07) is 20.2. The normalized spacial score (nSPS) is 16.0. The summed E-state index contributed by atoms with van der Waals surface area (Å²) in [6.45, 7) is 9.03. The quantitative estimate of drug-likeness (QED) is 0.278. The number of rotatable bonds is 8. The van der Waals surface area contributed by atoms with E-state index in [0.29, 0.717) is 25.2 Å². The number of amides is 1. The van der Waals surface area contributed by atoms with E-state index in [1.807, 2.05) is 50.5 Å². The van der Waals surface area contributed by atoms with Gasteiger partial charge in [-0.25, -0.2) is 4.98 Å². The fourth-order valence-electron chi connectivity index (χ4n) is 5.52. The number of H-pyrrole nitrogens is 1. The molecule has 1 saturated heterocycles. The van der Waals surface area contributed by atoms with Crippen molar-refractivity contribution in [1.82, 2.24) is 24.3 Å². The number of aromatic nitrogens is 3. The summed E-state index contributed by atoms with van der Waals surface area (Å²) in [7, 11) is 1.85. The summed E-state index contributed by atoms with van der Waals surface area (Å²) < 4.78 is 7.64. The van der Waals surface area contributed by atoms with Crippen LogP contribution in [0.5, 0.6) is 5.75 Å². The average molecular weight is 548 g/mol. The molecule has 8 heteroatoms. The minimum Gasteiger partial charge on any atom is -0.492 e. The summed E-state index contributed by atoms with van der Waals surface area (Å²) >= 11 is 0. The van der Waals surface area contributed by atoms with Crippen molar-refractivity contribution in [3.8, 4) is 28.1 Å². The van der Waals surface area contributed by atoms with Crippen molar-refractivity contribution in [3.63, 3.8) is 0 Å². The Morgan fingerprint density at radius 3 is 2.66 bits per heavy atom. The number of nitrogens with zero attached hydrogens (tertiary/aromatic N) is 4. The van der Waals surface area contributed by atoms with Gasteiger partial charge in [-0.05, 0) is 54.4 Å². The summed E-state index contributed by atoms with van der Waals surface area (Å²) in [5, 5.41) is 1.89. The second-order valence-electron chi connectivity index (χ2n) is 10.5. The third-order valence-electron chi connectivity index (χ3n) is 7.93. The van der Waals surface area contributed by atoms with Crippen LogP contribution >= 0.6 is 0 Å². The molecule has 0 aliphatic carbocycles. The van der Waals surface area contributed by atoms with Crippen LogP contribution in [-0.4, -0.2) is 69.6 Å². The minimum absolute atomic E-state index is 0.0726. The van der Waals surface area contributed by atoms with Gasteiger partial charge in [0.2, 0.25) is 5.91 Å². The van der Waals surface area contributed by atoms with Gasteiger partial charge in [-0.1, -0.05) is 30.3 Å². The predicted molar refractivity (Wildman–Crippen MR) is 163 cm³/mol. The first-order valence-corrected chi connectivity index (χ1v) is 13.9. The summed E-state index contributed by atoms with van der Waals surface area (Å²) in [4.78, 5) is 36.9. The van der Waals surface area contributed by atoms with Crippen molar-refractivity contribution in [2.75, 3.05) is 33.3 Å². The topological polar surface area (TPSA) is 83.5 Å². The van der Waals surface area contributed by atoms with Gasteiger partial charge in [0.1, 0.15) is 17.9 Å². The molecule has 208 valence electrons. The molecule has 0 spiro atoms. The van der Waals surface area contributed by atoms with Crippen LogP contribution in [0.1, 0.15) is 6.92 Å². The van der Waals surface area contributed by atoms with Gasteiger partial charge in [0, 0.05) is 62.0 Å². The van der Waals surface area contributed by atoms with Crippen molar-refractivity contribution >= 4 is 27.7 Å². The fourth-order valence-corrected chi connectivity index (χ4v) is 5.52. The number of pyridine rings is 2. The number of hydrogen-bond donors (Lipinski definition) is 1. The van der Waals surface area contributed by atoms with Gasteiger partial charge in [0.25, 0.3) is 5.56 Å². The van der Waals surface area contributed by atoms with Gasteiger partial charge >= 0.3 is 0 Å². The van der Waals surface area contributed by atoms with Crippen molar-refractivity contribution in [1.29, 1.82) is 0 Å². The Morgan fingerprint density at radius 1 is 1.05 bits per heavy atom. The highest BCUT2D eigenvalue weighted by atomic mass is 16.5. The maximum Gasteiger partial charge on any atom is 0.275 e. The maximum absolute atomic E-state index is 12.8. The van der Waals surface area contributed by atoms with Gasteiger partial charge in [0.15, 0.2) is 0 Å². The molecular weight excluding hydrogens is 514 g/mol. The number of benzene rings is 2. The SMILES string of the molecule is C=CCn1cc(-c2ccc3cc(-c4ccc(OCCN5CCN(C)C(=O)[C@H]5C)cc4)ccc3n2)c2cc[nH]c2c1=O. The second-order valence-corrected chi connectivity index (χ2v) is 10.5. The molecule has 0 saturated carbocycles. The summed E-state index contributed by atoms with van der Waals surface area (Å²) in [5.74, 6) is 0.970. The van der Waals surface area contributed by atoms with E-state index in [-0.39, 0.29) is 17.5 Å². The number of carbonyl (C=O) groups is 1. The molecule has 5 aromatic rings. The Morgan fingerprint density at radius 2 is 1.85 bits per heavy atom. The molecule has 4 heterocycles.